The fraction of sp³-hybridized carbons (Fsp3) is 0.286. The molecule has 0 atom stereocenters. The molecular formula is C14H12Cl2O8P2Zr. The first kappa shape index (κ1) is 26.2. The molecule has 0 aromatic carbocycles. The number of halogens is 2. The van der Waals surface area contributed by atoms with E-state index in [0.29, 0.717) is 6.56 Å². The van der Waals surface area contributed by atoms with Gasteiger partial charge in [-0.2, -0.15) is 0 Å². The first-order valence-electron chi connectivity index (χ1n) is 6.91. The van der Waals surface area contributed by atoms with Crippen LogP contribution in [-0.2, 0) is 60.6 Å². The van der Waals surface area contributed by atoms with Crippen LogP contribution < -0.4 is 24.8 Å². The van der Waals surface area contributed by atoms with Crippen LogP contribution in [0.2, 0.25) is 0 Å². The number of carbonyl (C=O) groups is 2. The molecule has 0 N–H and O–H groups in total. The predicted octanol–water partition coefficient (Wildman–Crippen LogP) is -3.15. The minimum Gasteiger partial charge on any atom is -1.00 e. The quantitative estimate of drug-likeness (QED) is 0.260. The van der Waals surface area contributed by atoms with Crippen LogP contribution in [0.15, 0.2) is 40.5 Å². The summed E-state index contributed by atoms with van der Waals surface area (Å²) in [5.41, 5.74) is 0.264. The number of ether oxygens (including phenoxy) is 2. The zero-order chi connectivity index (χ0) is 18.7. The Kier molecular flexibility index (Phi) is 10.9. The molecule has 0 unspecified atom stereocenters. The third-order valence-corrected chi connectivity index (χ3v) is 10.4. The molecule has 27 heavy (non-hydrogen) atoms. The maximum absolute atomic E-state index is 11.9. The summed E-state index contributed by atoms with van der Waals surface area (Å²) in [6.45, 7) is 0. The van der Waals surface area contributed by atoms with Crippen LogP contribution in [0.3, 0.4) is 0 Å². The van der Waals surface area contributed by atoms with Crippen molar-refractivity contribution in [3.8, 4) is 0 Å². The van der Waals surface area contributed by atoms with Crippen LogP contribution in [0, 0.1) is 0 Å². The molecule has 2 rings (SSSR count). The number of hydrogen-bond acceptors (Lipinski definition) is 8. The Morgan fingerprint density at radius 3 is 1.41 bits per heavy atom. The van der Waals surface area contributed by atoms with Gasteiger partial charge in [-0.15, -0.1) is 0 Å². The van der Waals surface area contributed by atoms with E-state index in [4.69, 9.17) is 0 Å². The van der Waals surface area contributed by atoms with Crippen molar-refractivity contribution in [3.05, 3.63) is 40.5 Å². The Labute approximate surface area is 179 Å². The van der Waals surface area contributed by atoms with E-state index in [1.54, 1.807) is 0 Å². The molecule has 0 radical (unpaired) electrons. The van der Waals surface area contributed by atoms with Gasteiger partial charge in [-0.05, 0) is 0 Å². The third-order valence-electron chi connectivity index (χ3n) is 3.62. The molecule has 0 bridgehead atoms. The minimum atomic E-state index is -2.93. The Hall–Kier alpha value is -0.837. The van der Waals surface area contributed by atoms with E-state index in [0.717, 1.165) is 0 Å². The van der Waals surface area contributed by atoms with Crippen molar-refractivity contribution in [1.82, 2.24) is 0 Å². The van der Waals surface area contributed by atoms with Crippen molar-refractivity contribution in [3.63, 3.8) is 0 Å². The van der Waals surface area contributed by atoms with Gasteiger partial charge in [0.25, 0.3) is 0 Å². The predicted molar refractivity (Wildman–Crippen MR) is 80.1 cm³/mol. The Balaban J connectivity index is 0.00000338. The van der Waals surface area contributed by atoms with Gasteiger partial charge in [0.15, 0.2) is 0 Å². The van der Waals surface area contributed by atoms with Gasteiger partial charge in [0.05, 0.1) is 0 Å². The molecule has 144 valence electrons. The molecule has 0 aromatic heterocycles. The van der Waals surface area contributed by atoms with Gasteiger partial charge in [0.2, 0.25) is 0 Å². The van der Waals surface area contributed by atoms with Gasteiger partial charge in [0.1, 0.15) is 0 Å². The maximum atomic E-state index is 11.9. The first-order valence-corrected chi connectivity index (χ1v) is 11.7. The molecule has 0 amide bonds. The van der Waals surface area contributed by atoms with Crippen LogP contribution in [-0.4, -0.2) is 26.2 Å². The normalized spacial score (nSPS) is 15.0. The molecule has 0 fully saturated rings. The SMILES string of the molecule is COC(=O)C1=CCC(P(=O)=O)=[C]1[Zr+2][C]1=C(P(=O)=O)CC=C1C(=O)OC.[Cl-].[Cl-]. The van der Waals surface area contributed by atoms with Crippen molar-refractivity contribution in [2.45, 2.75) is 12.8 Å². The van der Waals surface area contributed by atoms with Gasteiger partial charge in [-0.1, -0.05) is 0 Å². The molecule has 0 aromatic rings. The minimum absolute atomic E-state index is 0. The van der Waals surface area contributed by atoms with Crippen molar-refractivity contribution >= 4 is 27.3 Å². The van der Waals surface area contributed by atoms with Crippen LogP contribution in [0.25, 0.3) is 0 Å². The van der Waals surface area contributed by atoms with Gasteiger partial charge in [-0.3, -0.25) is 0 Å². The molecule has 8 nitrogen and oxygen atoms in total. The third kappa shape index (κ3) is 5.59. The van der Waals surface area contributed by atoms with Crippen LogP contribution in [0.4, 0.5) is 0 Å². The van der Waals surface area contributed by atoms with Crippen LogP contribution >= 0.6 is 15.4 Å². The van der Waals surface area contributed by atoms with E-state index < -0.39 is 50.5 Å². The molecule has 2 aliphatic carbocycles. The van der Waals surface area contributed by atoms with E-state index in [9.17, 15) is 27.8 Å². The van der Waals surface area contributed by atoms with Crippen LogP contribution in [0.1, 0.15) is 12.8 Å². The van der Waals surface area contributed by atoms with Crippen molar-refractivity contribution in [1.29, 1.82) is 0 Å². The van der Waals surface area contributed by atoms with E-state index in [1.165, 1.54) is 26.4 Å². The van der Waals surface area contributed by atoms with Gasteiger partial charge in [0, 0.05) is 0 Å². The largest absolute Gasteiger partial charge is 1.00 e. The molecular weight excluding hydrogens is 520 g/mol. The number of rotatable bonds is 6. The second-order valence-corrected chi connectivity index (χ2v) is 10.1. The summed E-state index contributed by atoms with van der Waals surface area (Å²) in [5.74, 6) is -1.36. The summed E-state index contributed by atoms with van der Waals surface area (Å²) in [6, 6.07) is 0. The van der Waals surface area contributed by atoms with Crippen molar-refractivity contribution < 1.29 is 85.4 Å². The average molecular weight is 532 g/mol. The summed E-state index contributed by atoms with van der Waals surface area (Å²) in [5, 5.41) is 0.150. The van der Waals surface area contributed by atoms with E-state index >= 15 is 0 Å². The summed E-state index contributed by atoms with van der Waals surface area (Å²) < 4.78 is 56.0. The van der Waals surface area contributed by atoms with Gasteiger partial charge in [-0.25, -0.2) is 0 Å². The molecule has 0 heterocycles. The second-order valence-electron chi connectivity index (χ2n) is 4.91. The summed E-state index contributed by atoms with van der Waals surface area (Å²) in [4.78, 5) is 23.8. The standard InChI is InChI=1S/2C7H6O4P.2ClH.Zr/c2*1-11-7(8)5-2-3-6(4-5)12(9)10;;;/h2*2H,3H2,1H3;2*1H;/q;;;;+2/p-2. The van der Waals surface area contributed by atoms with Gasteiger partial charge >= 0.3 is 155 Å². The number of allylic oxidation sites excluding steroid dienone is 4. The second kappa shape index (κ2) is 11.2. The zero-order valence-corrected chi connectivity index (χ0v) is 19.7. The molecule has 2 aliphatic rings. The topological polar surface area (TPSA) is 121 Å². The fourth-order valence-electron chi connectivity index (χ4n) is 2.44. The van der Waals surface area contributed by atoms with E-state index in [1.807, 2.05) is 0 Å². The number of carbonyl (C=O) groups excluding carboxylic acids is 2. The molecule has 0 spiro atoms. The Bertz CT molecular complexity index is 835. The first-order chi connectivity index (χ1) is 11.8. The van der Waals surface area contributed by atoms with E-state index in [-0.39, 0.29) is 59.4 Å². The molecule has 0 saturated heterocycles. The maximum Gasteiger partial charge on any atom is -1.00 e. The summed E-state index contributed by atoms with van der Waals surface area (Å²) >= 11 is -2.11. The van der Waals surface area contributed by atoms with Crippen LogP contribution in [0.5, 0.6) is 0 Å². The zero-order valence-electron chi connectivity index (χ0n) is 14.0. The molecule has 13 heteroatoms. The summed E-state index contributed by atoms with van der Waals surface area (Å²) in [6.07, 6.45) is 3.03. The fourth-order valence-corrected chi connectivity index (χ4v) is 9.03. The number of hydrogen-bond donors (Lipinski definition) is 0. The summed E-state index contributed by atoms with van der Waals surface area (Å²) in [7, 11) is -3.50. The monoisotopic (exact) mass is 530 g/mol. The molecule has 0 saturated carbocycles. The van der Waals surface area contributed by atoms with Crippen molar-refractivity contribution in [2.75, 3.05) is 14.2 Å². The Morgan fingerprint density at radius 2 is 1.15 bits per heavy atom. The Morgan fingerprint density at radius 1 is 0.815 bits per heavy atom. The van der Waals surface area contributed by atoms with E-state index in [2.05, 4.69) is 9.47 Å². The smallest absolute Gasteiger partial charge is 1.00 e. The number of methoxy groups -OCH3 is 2. The van der Waals surface area contributed by atoms with Crippen molar-refractivity contribution in [2.24, 2.45) is 0 Å². The average Bonchev–Trinajstić information content (AvgIpc) is 3.18. The van der Waals surface area contributed by atoms with Gasteiger partial charge < -0.3 is 24.8 Å². The molecule has 0 aliphatic heterocycles. The number of esters is 2.